The molecule has 1 fully saturated rings. The highest BCUT2D eigenvalue weighted by atomic mass is 19.1. The number of benzene rings is 2. The number of carbonyl (C=O) groups excluding carboxylic acids is 1. The normalized spacial score (nSPS) is 15.6. The molecule has 0 saturated carbocycles. The molecule has 1 unspecified atom stereocenters. The van der Waals surface area contributed by atoms with Crippen LogP contribution in [0, 0.1) is 22.9 Å². The van der Waals surface area contributed by atoms with Crippen LogP contribution in [0.15, 0.2) is 42.5 Å². The number of piperazine rings is 1. The molecule has 30 heavy (non-hydrogen) atoms. The molecular formula is C21H24FN3O5. The van der Waals surface area contributed by atoms with Gasteiger partial charge in [0.05, 0.1) is 11.0 Å². The van der Waals surface area contributed by atoms with E-state index in [1.807, 2.05) is 4.90 Å². The van der Waals surface area contributed by atoms with E-state index in [2.05, 4.69) is 0 Å². The summed E-state index contributed by atoms with van der Waals surface area (Å²) in [5, 5.41) is 21.0. The number of aliphatic hydroxyl groups excluding tert-OH is 1. The van der Waals surface area contributed by atoms with Gasteiger partial charge in [0.2, 0.25) is 0 Å². The van der Waals surface area contributed by atoms with Crippen molar-refractivity contribution in [3.05, 3.63) is 69.5 Å². The molecule has 1 amide bonds. The van der Waals surface area contributed by atoms with Gasteiger partial charge in [-0.15, -0.1) is 0 Å². The van der Waals surface area contributed by atoms with Crippen molar-refractivity contribution < 1.29 is 24.0 Å². The first-order valence-corrected chi connectivity index (χ1v) is 9.66. The Bertz CT molecular complexity index is 915. The van der Waals surface area contributed by atoms with Crippen LogP contribution < -0.4 is 4.74 Å². The van der Waals surface area contributed by atoms with Crippen molar-refractivity contribution in [2.75, 3.05) is 39.3 Å². The molecule has 0 aliphatic carbocycles. The Hall–Kier alpha value is -3.04. The quantitative estimate of drug-likeness (QED) is 0.548. The largest absolute Gasteiger partial charge is 0.491 e. The maximum Gasteiger partial charge on any atom is 0.273 e. The second-order valence-electron chi connectivity index (χ2n) is 7.28. The first-order chi connectivity index (χ1) is 14.3. The third-order valence-corrected chi connectivity index (χ3v) is 5.02. The topological polar surface area (TPSA) is 96.2 Å². The van der Waals surface area contributed by atoms with Crippen molar-refractivity contribution in [1.82, 2.24) is 9.80 Å². The summed E-state index contributed by atoms with van der Waals surface area (Å²) in [6.07, 6.45) is -0.780. The van der Waals surface area contributed by atoms with Crippen LogP contribution in [0.1, 0.15) is 15.9 Å². The van der Waals surface area contributed by atoms with Crippen LogP contribution in [0.5, 0.6) is 5.75 Å². The Morgan fingerprint density at radius 1 is 1.23 bits per heavy atom. The van der Waals surface area contributed by atoms with Gasteiger partial charge in [0.15, 0.2) is 0 Å². The zero-order valence-electron chi connectivity index (χ0n) is 16.7. The molecule has 1 saturated heterocycles. The molecular weight excluding hydrogens is 393 g/mol. The highest BCUT2D eigenvalue weighted by Crippen LogP contribution is 2.19. The molecule has 1 aliphatic heterocycles. The number of nitrogens with zero attached hydrogens (tertiary/aromatic N) is 3. The van der Waals surface area contributed by atoms with E-state index in [-0.39, 0.29) is 18.2 Å². The van der Waals surface area contributed by atoms with Gasteiger partial charge in [0, 0.05) is 44.4 Å². The molecule has 0 bridgehead atoms. The first-order valence-electron chi connectivity index (χ1n) is 9.66. The molecule has 2 aromatic carbocycles. The highest BCUT2D eigenvalue weighted by Gasteiger charge is 2.24. The lowest BCUT2D eigenvalue weighted by atomic mass is 10.1. The number of rotatable bonds is 7. The molecule has 9 heteroatoms. The number of halogens is 1. The summed E-state index contributed by atoms with van der Waals surface area (Å²) in [7, 11) is 0. The standard InChI is InChI=1S/C21H24FN3O5/c1-15-5-6-16(11-20(15)22)21(27)24-9-7-23(8-10-24)13-18(26)14-30-19-4-2-3-17(12-19)25(28)29/h2-6,11-12,18,26H,7-10,13-14H2,1H3. The van der Waals surface area contributed by atoms with Gasteiger partial charge in [0.1, 0.15) is 24.3 Å². The van der Waals surface area contributed by atoms with E-state index in [0.29, 0.717) is 49.6 Å². The smallest absolute Gasteiger partial charge is 0.273 e. The minimum atomic E-state index is -0.780. The lowest BCUT2D eigenvalue weighted by molar-refractivity contribution is -0.384. The lowest BCUT2D eigenvalue weighted by Crippen LogP contribution is -2.51. The fourth-order valence-electron chi connectivity index (χ4n) is 3.27. The number of aryl methyl sites for hydroxylation is 1. The van der Waals surface area contributed by atoms with Gasteiger partial charge >= 0.3 is 0 Å². The third kappa shape index (κ3) is 5.52. The van der Waals surface area contributed by atoms with Crippen molar-refractivity contribution in [1.29, 1.82) is 0 Å². The minimum absolute atomic E-state index is 0.00293. The Kier molecular flexibility index (Phi) is 6.96. The maximum absolute atomic E-state index is 13.7. The third-order valence-electron chi connectivity index (χ3n) is 5.02. The Morgan fingerprint density at radius 2 is 1.97 bits per heavy atom. The zero-order chi connectivity index (χ0) is 21.7. The van der Waals surface area contributed by atoms with E-state index >= 15 is 0 Å². The van der Waals surface area contributed by atoms with E-state index in [1.54, 1.807) is 30.0 Å². The number of hydrogen-bond donors (Lipinski definition) is 1. The van der Waals surface area contributed by atoms with Crippen LogP contribution in [-0.4, -0.2) is 71.2 Å². The molecule has 2 aromatic rings. The number of aliphatic hydroxyl groups is 1. The van der Waals surface area contributed by atoms with Crippen molar-refractivity contribution in [2.45, 2.75) is 13.0 Å². The predicted octanol–water partition coefficient (Wildman–Crippen LogP) is 2.24. The van der Waals surface area contributed by atoms with Crippen LogP contribution in [0.25, 0.3) is 0 Å². The van der Waals surface area contributed by atoms with Crippen LogP contribution in [0.2, 0.25) is 0 Å². The number of nitro benzene ring substituents is 1. The van der Waals surface area contributed by atoms with E-state index in [0.717, 1.165) is 0 Å². The number of ether oxygens (including phenoxy) is 1. The molecule has 1 atom stereocenters. The van der Waals surface area contributed by atoms with Crippen molar-refractivity contribution >= 4 is 11.6 Å². The van der Waals surface area contributed by atoms with Crippen molar-refractivity contribution in [2.24, 2.45) is 0 Å². The molecule has 0 aromatic heterocycles. The summed E-state index contributed by atoms with van der Waals surface area (Å²) in [6.45, 7) is 4.12. The number of non-ortho nitro benzene ring substituents is 1. The summed E-state index contributed by atoms with van der Waals surface area (Å²) in [5.41, 5.74) is 0.755. The van der Waals surface area contributed by atoms with Gasteiger partial charge in [-0.05, 0) is 30.7 Å². The average molecular weight is 417 g/mol. The minimum Gasteiger partial charge on any atom is -0.491 e. The van der Waals surface area contributed by atoms with Gasteiger partial charge in [-0.25, -0.2) is 4.39 Å². The summed E-state index contributed by atoms with van der Waals surface area (Å²) in [6, 6.07) is 10.3. The van der Waals surface area contributed by atoms with E-state index in [1.165, 1.54) is 24.3 Å². The van der Waals surface area contributed by atoms with Crippen LogP contribution in [0.4, 0.5) is 10.1 Å². The average Bonchev–Trinajstić information content (AvgIpc) is 2.74. The number of hydrogen-bond acceptors (Lipinski definition) is 6. The van der Waals surface area contributed by atoms with Gasteiger partial charge < -0.3 is 14.7 Å². The molecule has 3 rings (SSSR count). The molecule has 0 radical (unpaired) electrons. The number of carbonyl (C=O) groups is 1. The first kappa shape index (κ1) is 21.7. The van der Waals surface area contributed by atoms with Crippen LogP contribution in [-0.2, 0) is 0 Å². The summed E-state index contributed by atoms with van der Waals surface area (Å²) < 4.78 is 19.2. The second kappa shape index (κ2) is 9.64. The molecule has 1 aliphatic rings. The van der Waals surface area contributed by atoms with Crippen LogP contribution in [0.3, 0.4) is 0 Å². The summed E-state index contributed by atoms with van der Waals surface area (Å²) in [5.74, 6) is -0.279. The molecule has 8 nitrogen and oxygen atoms in total. The maximum atomic E-state index is 13.7. The molecule has 1 N–H and O–H groups in total. The lowest BCUT2D eigenvalue weighted by Gasteiger charge is -2.35. The Balaban J connectivity index is 1.45. The SMILES string of the molecule is Cc1ccc(C(=O)N2CCN(CC(O)COc3cccc([N+](=O)[O-])c3)CC2)cc1F. The summed E-state index contributed by atoms with van der Waals surface area (Å²) in [4.78, 5) is 26.5. The van der Waals surface area contributed by atoms with Gasteiger partial charge in [0.25, 0.3) is 11.6 Å². The predicted molar refractivity (Wildman–Crippen MR) is 108 cm³/mol. The van der Waals surface area contributed by atoms with Crippen molar-refractivity contribution in [3.8, 4) is 5.75 Å². The molecule has 0 spiro atoms. The monoisotopic (exact) mass is 417 g/mol. The Morgan fingerprint density at radius 3 is 2.63 bits per heavy atom. The van der Waals surface area contributed by atoms with Crippen LogP contribution >= 0.6 is 0 Å². The van der Waals surface area contributed by atoms with E-state index in [9.17, 15) is 24.4 Å². The fraction of sp³-hybridized carbons (Fsp3) is 0.381. The highest BCUT2D eigenvalue weighted by molar-refractivity contribution is 5.94. The number of amides is 1. The van der Waals surface area contributed by atoms with E-state index < -0.39 is 16.8 Å². The molecule has 1 heterocycles. The fourth-order valence-corrected chi connectivity index (χ4v) is 3.27. The molecule has 160 valence electrons. The van der Waals surface area contributed by atoms with E-state index in [4.69, 9.17) is 4.74 Å². The number of nitro groups is 1. The van der Waals surface area contributed by atoms with Gasteiger partial charge in [-0.2, -0.15) is 0 Å². The number of β-amino-alcohol motifs (C(OH)–C–C–N with tert-alkyl or cyclic N) is 1. The van der Waals surface area contributed by atoms with Gasteiger partial charge in [-0.1, -0.05) is 12.1 Å². The van der Waals surface area contributed by atoms with Gasteiger partial charge in [-0.3, -0.25) is 19.8 Å². The Labute approximate surface area is 173 Å². The summed E-state index contributed by atoms with van der Waals surface area (Å²) >= 11 is 0. The zero-order valence-corrected chi connectivity index (χ0v) is 16.7. The van der Waals surface area contributed by atoms with Crippen molar-refractivity contribution in [3.63, 3.8) is 0 Å². The second-order valence-corrected chi connectivity index (χ2v) is 7.28.